The molecule has 6 aliphatic carbocycles. The maximum absolute atomic E-state index is 14.3. The first-order valence-corrected chi connectivity index (χ1v) is 18.7. The Morgan fingerprint density at radius 3 is 2.17 bits per heavy atom. The molecule has 0 aromatic heterocycles. The van der Waals surface area contributed by atoms with Crippen LogP contribution in [0.4, 0.5) is 0 Å². The lowest BCUT2D eigenvalue weighted by molar-refractivity contribution is -0.127. The average molecular weight is 583 g/mol. The van der Waals surface area contributed by atoms with Crippen molar-refractivity contribution in [1.29, 1.82) is 0 Å². The van der Waals surface area contributed by atoms with Gasteiger partial charge >= 0.3 is 0 Å². The Kier molecular flexibility index (Phi) is 7.07. The maximum Gasteiger partial charge on any atom is 0.181 e. The number of fused-ring (bicyclic) bond motifs is 5. The van der Waals surface area contributed by atoms with Gasteiger partial charge in [0.15, 0.2) is 9.84 Å². The minimum Gasteiger partial charge on any atom is -0.393 e. The largest absolute Gasteiger partial charge is 0.393 e. The summed E-state index contributed by atoms with van der Waals surface area (Å²) in [5.41, 5.74) is 0.173. The molecule has 0 aliphatic heterocycles. The molecule has 1 aromatic carbocycles. The maximum atomic E-state index is 14.3. The van der Waals surface area contributed by atoms with E-state index in [9.17, 15) is 18.6 Å². The first kappa shape index (κ1) is 28.8. The van der Waals surface area contributed by atoms with Crippen molar-refractivity contribution >= 4 is 9.84 Å². The number of benzene rings is 1. The molecule has 0 saturated heterocycles. The van der Waals surface area contributed by atoms with Gasteiger partial charge in [-0.3, -0.25) is 0 Å². The van der Waals surface area contributed by atoms with E-state index >= 15 is 0 Å². The summed E-state index contributed by atoms with van der Waals surface area (Å²) < 4.78 is 28.5. The fraction of sp³-hybridized carbons (Fsp3) is 0.833. The van der Waals surface area contributed by atoms with Gasteiger partial charge in [-0.2, -0.15) is 0 Å². The van der Waals surface area contributed by atoms with Crippen LogP contribution in [-0.2, 0) is 9.84 Å². The zero-order valence-electron chi connectivity index (χ0n) is 25.6. The van der Waals surface area contributed by atoms with Crippen LogP contribution in [0.3, 0.4) is 0 Å². The molecule has 6 saturated carbocycles. The monoisotopic (exact) mass is 582 g/mol. The summed E-state index contributed by atoms with van der Waals surface area (Å²) >= 11 is 0. The predicted molar refractivity (Wildman–Crippen MR) is 163 cm³/mol. The van der Waals surface area contributed by atoms with Gasteiger partial charge in [-0.1, -0.05) is 32.0 Å². The van der Waals surface area contributed by atoms with Crippen molar-refractivity contribution in [2.24, 2.45) is 45.8 Å². The van der Waals surface area contributed by atoms with Crippen LogP contribution in [0.2, 0.25) is 0 Å². The smallest absolute Gasteiger partial charge is 0.181 e. The van der Waals surface area contributed by atoms with Gasteiger partial charge in [-0.05, 0) is 167 Å². The topological polar surface area (TPSA) is 74.6 Å². The van der Waals surface area contributed by atoms with Crippen LogP contribution in [0.1, 0.15) is 123 Å². The molecule has 41 heavy (non-hydrogen) atoms. The van der Waals surface area contributed by atoms with Crippen molar-refractivity contribution < 1.29 is 18.6 Å². The highest BCUT2D eigenvalue weighted by molar-refractivity contribution is 7.92. The van der Waals surface area contributed by atoms with E-state index in [2.05, 4.69) is 13.8 Å². The lowest BCUT2D eigenvalue weighted by atomic mass is 9.44. The molecule has 2 N–H and O–H groups in total. The van der Waals surface area contributed by atoms with Gasteiger partial charge in [0, 0.05) is 0 Å². The summed E-state index contributed by atoms with van der Waals surface area (Å²) in [4.78, 5) is 0.428. The number of hydrogen-bond acceptors (Lipinski definition) is 4. The van der Waals surface area contributed by atoms with E-state index in [0.29, 0.717) is 46.3 Å². The molecule has 0 radical (unpaired) electrons. The molecule has 5 heteroatoms. The molecule has 1 spiro atoms. The lowest BCUT2D eigenvalue weighted by Crippen LogP contribution is -2.54. The van der Waals surface area contributed by atoms with Gasteiger partial charge in [0.1, 0.15) is 0 Å². The lowest BCUT2D eigenvalue weighted by Gasteiger charge is -2.61. The quantitative estimate of drug-likeness (QED) is 0.360. The van der Waals surface area contributed by atoms with Gasteiger partial charge in [0.05, 0.1) is 21.9 Å². The van der Waals surface area contributed by atoms with Crippen molar-refractivity contribution in [2.75, 3.05) is 0 Å². The number of aliphatic hydroxyl groups excluding tert-OH is 1. The van der Waals surface area contributed by atoms with Crippen molar-refractivity contribution in [1.82, 2.24) is 0 Å². The van der Waals surface area contributed by atoms with Gasteiger partial charge in [0.2, 0.25) is 0 Å². The van der Waals surface area contributed by atoms with Crippen LogP contribution in [-0.4, -0.2) is 35.6 Å². The Labute approximate surface area is 249 Å². The number of rotatable bonds is 6. The molecule has 6 fully saturated rings. The molecule has 0 heterocycles. The first-order valence-electron chi connectivity index (χ1n) is 17.2. The van der Waals surface area contributed by atoms with Crippen molar-refractivity contribution in [3.05, 3.63) is 30.3 Å². The van der Waals surface area contributed by atoms with E-state index in [0.717, 1.165) is 56.8 Å². The molecule has 0 bridgehead atoms. The Balaban J connectivity index is 1.13. The van der Waals surface area contributed by atoms with Crippen molar-refractivity contribution in [3.63, 3.8) is 0 Å². The van der Waals surface area contributed by atoms with Crippen LogP contribution in [0, 0.1) is 45.8 Å². The SMILES string of the molecule is CC12CCC3C(CCC4CC(O)CC[C@@]43C)C1CCC2CC(CC1(O)CCC2(CC1)CC2)S(=O)(=O)c1ccccc1. The summed E-state index contributed by atoms with van der Waals surface area (Å²) in [6.07, 6.45) is 17.7. The molecule has 7 rings (SSSR count). The van der Waals surface area contributed by atoms with Crippen LogP contribution in [0.15, 0.2) is 35.2 Å². The van der Waals surface area contributed by atoms with E-state index in [-0.39, 0.29) is 11.5 Å². The molecule has 6 aliphatic rings. The Hall–Kier alpha value is -0.910. The summed E-state index contributed by atoms with van der Waals surface area (Å²) in [6, 6.07) is 9.09. The fourth-order valence-corrected chi connectivity index (χ4v) is 13.7. The van der Waals surface area contributed by atoms with Crippen molar-refractivity contribution in [3.8, 4) is 0 Å². The number of sulfone groups is 1. The molecular formula is C36H54O4S. The highest BCUT2D eigenvalue weighted by Crippen LogP contribution is 2.68. The normalized spacial score (nSPS) is 43.5. The van der Waals surface area contributed by atoms with Crippen LogP contribution >= 0.6 is 0 Å². The third-order valence-corrected chi connectivity index (χ3v) is 16.9. The molecule has 8 unspecified atom stereocenters. The summed E-state index contributed by atoms with van der Waals surface area (Å²) in [5.74, 6) is 3.25. The third-order valence-electron chi connectivity index (χ3n) is 14.7. The minimum absolute atomic E-state index is 0.105. The second-order valence-corrected chi connectivity index (χ2v) is 18.8. The Morgan fingerprint density at radius 1 is 0.805 bits per heavy atom. The zero-order valence-corrected chi connectivity index (χ0v) is 26.4. The van der Waals surface area contributed by atoms with Gasteiger partial charge < -0.3 is 10.2 Å². The van der Waals surface area contributed by atoms with Gasteiger partial charge in [-0.25, -0.2) is 8.42 Å². The number of hydrogen-bond donors (Lipinski definition) is 2. The van der Waals surface area contributed by atoms with E-state index < -0.39 is 20.7 Å². The van der Waals surface area contributed by atoms with Crippen LogP contribution in [0.25, 0.3) is 0 Å². The van der Waals surface area contributed by atoms with E-state index in [1.165, 1.54) is 51.4 Å². The summed E-state index contributed by atoms with van der Waals surface area (Å²) in [6.45, 7) is 5.07. The van der Waals surface area contributed by atoms with E-state index in [1.54, 1.807) is 12.1 Å². The van der Waals surface area contributed by atoms with Gasteiger partial charge in [0.25, 0.3) is 0 Å². The molecule has 1 aromatic rings. The van der Waals surface area contributed by atoms with Crippen LogP contribution < -0.4 is 0 Å². The third kappa shape index (κ3) is 4.87. The Morgan fingerprint density at radius 2 is 1.46 bits per heavy atom. The van der Waals surface area contributed by atoms with E-state index in [1.807, 2.05) is 18.2 Å². The molecule has 0 amide bonds. The summed E-state index contributed by atoms with van der Waals surface area (Å²) in [7, 11) is -3.54. The first-order chi connectivity index (χ1) is 19.5. The zero-order chi connectivity index (χ0) is 28.7. The van der Waals surface area contributed by atoms with Crippen molar-refractivity contribution in [2.45, 2.75) is 145 Å². The average Bonchev–Trinajstić information content (AvgIpc) is 3.64. The van der Waals surface area contributed by atoms with E-state index in [4.69, 9.17) is 0 Å². The minimum atomic E-state index is -3.54. The Bertz CT molecular complexity index is 1210. The second-order valence-electron chi connectivity index (χ2n) is 16.5. The van der Waals surface area contributed by atoms with Crippen LogP contribution in [0.5, 0.6) is 0 Å². The fourth-order valence-electron chi connectivity index (χ4n) is 11.7. The predicted octanol–water partition coefficient (Wildman–Crippen LogP) is 7.71. The highest BCUT2D eigenvalue weighted by atomic mass is 32.2. The second kappa shape index (κ2) is 10.1. The molecule has 9 atom stereocenters. The van der Waals surface area contributed by atoms with Gasteiger partial charge in [-0.15, -0.1) is 0 Å². The standard InChI is InChI=1S/C36H54O4S/c1-33-14-12-27(37)22-25(33)8-10-30-31-11-9-26(34(31,2)15-13-32(30)33)23-29(41(39,40)28-6-4-3-5-7-28)24-36(38)20-18-35(16-17-35)19-21-36/h3-7,25-27,29-32,37-38H,8-24H2,1-2H3/t25?,26?,27?,29?,30?,31?,32?,33-,34?/m0/s1. The highest BCUT2D eigenvalue weighted by Gasteiger charge is 2.60. The summed E-state index contributed by atoms with van der Waals surface area (Å²) in [5, 5.41) is 21.7. The molecule has 228 valence electrons. The molecular weight excluding hydrogens is 528 g/mol. The number of aliphatic hydroxyl groups is 2. The molecule has 4 nitrogen and oxygen atoms in total.